The molecule has 1 aromatic carbocycles. The highest BCUT2D eigenvalue weighted by Gasteiger charge is 2.37. The zero-order chi connectivity index (χ0) is 17.3. The van der Waals surface area contributed by atoms with Gasteiger partial charge in [0, 0.05) is 24.7 Å². The number of fused-ring (bicyclic) bond motifs is 1. The molecule has 0 saturated carbocycles. The van der Waals surface area contributed by atoms with Crippen molar-refractivity contribution >= 4 is 33.9 Å². The summed E-state index contributed by atoms with van der Waals surface area (Å²) >= 11 is 5.80. The summed E-state index contributed by atoms with van der Waals surface area (Å²) in [6.45, 7) is 0.736. The second-order valence-corrected chi connectivity index (χ2v) is 6.47. The predicted molar refractivity (Wildman–Crippen MR) is 96.5 cm³/mol. The van der Waals surface area contributed by atoms with E-state index in [1.54, 1.807) is 18.5 Å². The van der Waals surface area contributed by atoms with Gasteiger partial charge in [0.15, 0.2) is 5.67 Å². The third-order valence-electron chi connectivity index (χ3n) is 4.11. The van der Waals surface area contributed by atoms with Crippen LogP contribution in [0.15, 0.2) is 48.8 Å². The Morgan fingerprint density at radius 3 is 2.80 bits per heavy atom. The Morgan fingerprint density at radius 1 is 1.20 bits per heavy atom. The maximum absolute atomic E-state index is 14.0. The van der Waals surface area contributed by atoms with Crippen LogP contribution in [0.5, 0.6) is 5.75 Å². The van der Waals surface area contributed by atoms with E-state index in [0.717, 1.165) is 16.5 Å². The molecule has 0 amide bonds. The van der Waals surface area contributed by atoms with Crippen molar-refractivity contribution in [3.8, 4) is 5.75 Å². The number of ether oxygens (including phenoxy) is 1. The molecule has 3 heterocycles. The van der Waals surface area contributed by atoms with Crippen molar-refractivity contribution in [3.63, 3.8) is 0 Å². The monoisotopic (exact) mass is 358 g/mol. The molecule has 128 valence electrons. The Bertz CT molecular complexity index is 899. The number of alkyl halides is 1. The van der Waals surface area contributed by atoms with Crippen LogP contribution in [-0.4, -0.2) is 35.3 Å². The topological polar surface area (TPSA) is 59.1 Å². The van der Waals surface area contributed by atoms with Crippen LogP contribution < -0.4 is 15.4 Å². The van der Waals surface area contributed by atoms with Gasteiger partial charge in [-0.25, -0.2) is 14.4 Å². The van der Waals surface area contributed by atoms with Crippen molar-refractivity contribution in [1.82, 2.24) is 15.3 Å². The fraction of sp³-hybridized carbons (Fsp3) is 0.222. The molecule has 2 N–H and O–H groups in total. The molecular formula is C18H16ClFN4O. The number of nitrogens with zero attached hydrogens (tertiary/aromatic N) is 2. The van der Waals surface area contributed by atoms with E-state index in [0.29, 0.717) is 29.8 Å². The Balaban J connectivity index is 1.55. The van der Waals surface area contributed by atoms with Crippen LogP contribution in [0.25, 0.3) is 10.8 Å². The fourth-order valence-corrected chi connectivity index (χ4v) is 2.75. The summed E-state index contributed by atoms with van der Waals surface area (Å²) < 4.78 is 19.6. The van der Waals surface area contributed by atoms with Crippen molar-refractivity contribution in [2.24, 2.45) is 0 Å². The number of benzene rings is 1. The quantitative estimate of drug-likeness (QED) is 0.681. The van der Waals surface area contributed by atoms with Crippen molar-refractivity contribution in [2.75, 3.05) is 25.0 Å². The van der Waals surface area contributed by atoms with Crippen LogP contribution >= 0.6 is 11.6 Å². The van der Waals surface area contributed by atoms with Gasteiger partial charge in [-0.2, -0.15) is 0 Å². The van der Waals surface area contributed by atoms with Gasteiger partial charge in [0.2, 0.25) is 0 Å². The number of aromatic nitrogens is 2. The van der Waals surface area contributed by atoms with E-state index in [1.807, 2.05) is 30.3 Å². The van der Waals surface area contributed by atoms with Crippen LogP contribution in [0.1, 0.15) is 0 Å². The van der Waals surface area contributed by atoms with E-state index in [-0.39, 0.29) is 6.61 Å². The number of rotatable bonds is 5. The number of anilines is 2. The molecule has 1 aliphatic heterocycles. The molecule has 7 heteroatoms. The first-order chi connectivity index (χ1) is 12.1. The number of pyridine rings is 2. The van der Waals surface area contributed by atoms with Gasteiger partial charge in [0.1, 0.15) is 23.3 Å². The summed E-state index contributed by atoms with van der Waals surface area (Å²) in [4.78, 5) is 8.43. The first-order valence-electron chi connectivity index (χ1n) is 7.91. The highest BCUT2D eigenvalue weighted by atomic mass is 35.5. The molecule has 1 fully saturated rings. The van der Waals surface area contributed by atoms with E-state index >= 15 is 0 Å². The minimum Gasteiger partial charge on any atom is -0.490 e. The normalized spacial score (nSPS) is 15.6. The average molecular weight is 359 g/mol. The standard InChI is InChI=1S/C18H16ClFN4O/c19-16-4-1-13(8-23-16)24-17-15-3-2-14(7-12(15)5-6-22-17)25-11-18(20)9-21-10-18/h1-8,21H,9-11H2,(H,22,24). The maximum atomic E-state index is 14.0. The molecule has 0 bridgehead atoms. The summed E-state index contributed by atoms with van der Waals surface area (Å²) in [5, 5.41) is 8.47. The first kappa shape index (κ1) is 16.1. The van der Waals surface area contributed by atoms with E-state index < -0.39 is 5.67 Å². The lowest BCUT2D eigenvalue weighted by Crippen LogP contribution is -2.59. The Labute approximate surface area is 149 Å². The summed E-state index contributed by atoms with van der Waals surface area (Å²) in [6, 6.07) is 11.1. The molecule has 2 aromatic heterocycles. The van der Waals surface area contributed by atoms with Gasteiger partial charge in [0.05, 0.1) is 11.9 Å². The number of nitrogens with one attached hydrogen (secondary N) is 2. The van der Waals surface area contributed by atoms with E-state index in [2.05, 4.69) is 20.6 Å². The molecule has 0 unspecified atom stereocenters. The Morgan fingerprint density at radius 2 is 2.08 bits per heavy atom. The van der Waals surface area contributed by atoms with Gasteiger partial charge >= 0.3 is 0 Å². The van der Waals surface area contributed by atoms with Crippen LogP contribution in [0.3, 0.4) is 0 Å². The summed E-state index contributed by atoms with van der Waals surface area (Å²) in [5.74, 6) is 1.35. The van der Waals surface area contributed by atoms with Gasteiger partial charge in [-0.1, -0.05) is 11.6 Å². The minimum atomic E-state index is -1.26. The minimum absolute atomic E-state index is 0.0537. The summed E-state index contributed by atoms with van der Waals surface area (Å²) in [7, 11) is 0. The fourth-order valence-electron chi connectivity index (χ4n) is 2.64. The number of hydrogen-bond acceptors (Lipinski definition) is 5. The molecule has 0 spiro atoms. The SMILES string of the molecule is FC1(COc2ccc3c(Nc4ccc(Cl)nc4)nccc3c2)CNC1. The Hall–Kier alpha value is -2.44. The van der Waals surface area contributed by atoms with Gasteiger partial charge in [-0.15, -0.1) is 0 Å². The van der Waals surface area contributed by atoms with E-state index in [1.165, 1.54) is 0 Å². The third-order valence-corrected chi connectivity index (χ3v) is 4.33. The molecule has 0 atom stereocenters. The number of halogens is 2. The average Bonchev–Trinajstić information content (AvgIpc) is 2.60. The van der Waals surface area contributed by atoms with Crippen LogP contribution in [0, 0.1) is 0 Å². The summed E-state index contributed by atoms with van der Waals surface area (Å²) in [6.07, 6.45) is 3.36. The molecule has 1 aliphatic rings. The zero-order valence-electron chi connectivity index (χ0n) is 13.3. The molecular weight excluding hydrogens is 343 g/mol. The van der Waals surface area contributed by atoms with Gasteiger partial charge < -0.3 is 15.4 Å². The second kappa shape index (κ2) is 6.46. The molecule has 1 saturated heterocycles. The van der Waals surface area contributed by atoms with Crippen molar-refractivity contribution in [2.45, 2.75) is 5.67 Å². The lowest BCUT2D eigenvalue weighted by atomic mass is 10.0. The van der Waals surface area contributed by atoms with Gasteiger partial charge in [-0.05, 0) is 41.8 Å². The van der Waals surface area contributed by atoms with E-state index in [4.69, 9.17) is 16.3 Å². The predicted octanol–water partition coefficient (Wildman–Crippen LogP) is 3.72. The highest BCUT2D eigenvalue weighted by molar-refractivity contribution is 6.29. The molecule has 4 rings (SSSR count). The van der Waals surface area contributed by atoms with E-state index in [9.17, 15) is 4.39 Å². The van der Waals surface area contributed by atoms with Crippen LogP contribution in [0.4, 0.5) is 15.9 Å². The lowest BCUT2D eigenvalue weighted by Gasteiger charge is -2.34. The van der Waals surface area contributed by atoms with Crippen molar-refractivity contribution in [1.29, 1.82) is 0 Å². The highest BCUT2D eigenvalue weighted by Crippen LogP contribution is 2.28. The summed E-state index contributed by atoms with van der Waals surface area (Å²) in [5.41, 5.74) is -0.469. The molecule has 25 heavy (non-hydrogen) atoms. The first-order valence-corrected chi connectivity index (χ1v) is 8.29. The lowest BCUT2D eigenvalue weighted by molar-refractivity contribution is 0.0347. The van der Waals surface area contributed by atoms with Gasteiger partial charge in [-0.3, -0.25) is 0 Å². The van der Waals surface area contributed by atoms with Crippen LogP contribution in [0.2, 0.25) is 5.15 Å². The molecule has 0 aliphatic carbocycles. The maximum Gasteiger partial charge on any atom is 0.169 e. The van der Waals surface area contributed by atoms with Crippen molar-refractivity contribution < 1.29 is 9.13 Å². The molecule has 0 radical (unpaired) electrons. The molecule has 5 nitrogen and oxygen atoms in total. The molecule has 3 aromatic rings. The Kier molecular flexibility index (Phi) is 4.15. The third kappa shape index (κ3) is 3.50. The second-order valence-electron chi connectivity index (χ2n) is 6.08. The van der Waals surface area contributed by atoms with Gasteiger partial charge in [0.25, 0.3) is 0 Å². The number of hydrogen-bond donors (Lipinski definition) is 2. The largest absolute Gasteiger partial charge is 0.490 e. The smallest absolute Gasteiger partial charge is 0.169 e. The zero-order valence-corrected chi connectivity index (χ0v) is 14.1. The van der Waals surface area contributed by atoms with Crippen LogP contribution in [-0.2, 0) is 0 Å². The van der Waals surface area contributed by atoms with Crippen molar-refractivity contribution in [3.05, 3.63) is 53.9 Å².